The third kappa shape index (κ3) is 3.64. The molecule has 3 rings (SSSR count). The minimum Gasteiger partial charge on any atom is -0.489 e. The lowest BCUT2D eigenvalue weighted by molar-refractivity contribution is 0.291. The minimum absolute atomic E-state index is 0.0480. The Labute approximate surface area is 147 Å². The summed E-state index contributed by atoms with van der Waals surface area (Å²) in [5.74, 6) is -3.20. The normalized spacial score (nSPS) is 10.8. The van der Waals surface area contributed by atoms with Crippen molar-refractivity contribution in [2.45, 2.75) is 6.61 Å². The molecule has 0 fully saturated rings. The number of fused-ring (bicyclic) bond motifs is 1. The third-order valence-electron chi connectivity index (χ3n) is 3.74. The van der Waals surface area contributed by atoms with Crippen molar-refractivity contribution in [3.8, 4) is 11.5 Å². The summed E-state index contributed by atoms with van der Waals surface area (Å²) in [6, 6.07) is 8.74. The molecular formula is C20H14F4O2. The Morgan fingerprint density at radius 1 is 0.808 bits per heavy atom. The molecule has 0 saturated carbocycles. The fourth-order valence-electron chi connectivity index (χ4n) is 2.44. The first-order valence-corrected chi connectivity index (χ1v) is 7.71. The largest absolute Gasteiger partial charge is 0.489 e. The molecular weight excluding hydrogens is 348 g/mol. The Bertz CT molecular complexity index is 946. The summed E-state index contributed by atoms with van der Waals surface area (Å²) in [6.07, 6.45) is 1.46. The number of rotatable bonds is 6. The summed E-state index contributed by atoms with van der Waals surface area (Å²) in [5.41, 5.74) is -0.263. The first-order valence-electron chi connectivity index (χ1n) is 7.71. The van der Waals surface area contributed by atoms with Gasteiger partial charge in [0.1, 0.15) is 36.3 Å². The summed E-state index contributed by atoms with van der Waals surface area (Å²) in [6.45, 7) is 3.22. The van der Waals surface area contributed by atoms with Crippen LogP contribution in [0.5, 0.6) is 11.5 Å². The molecule has 0 aromatic heterocycles. The van der Waals surface area contributed by atoms with Crippen LogP contribution in [-0.4, -0.2) is 6.61 Å². The van der Waals surface area contributed by atoms with Crippen molar-refractivity contribution in [3.05, 3.63) is 84.0 Å². The van der Waals surface area contributed by atoms with Crippen LogP contribution in [0.15, 0.2) is 55.1 Å². The molecule has 26 heavy (non-hydrogen) atoms. The molecule has 0 aliphatic carbocycles. The molecule has 0 unspecified atom stereocenters. The number of hydrogen-bond acceptors (Lipinski definition) is 2. The van der Waals surface area contributed by atoms with Crippen LogP contribution in [0.4, 0.5) is 17.6 Å². The molecule has 3 aromatic rings. The highest BCUT2D eigenvalue weighted by molar-refractivity contribution is 5.84. The van der Waals surface area contributed by atoms with Gasteiger partial charge < -0.3 is 9.47 Å². The molecule has 0 amide bonds. The van der Waals surface area contributed by atoms with E-state index in [1.807, 2.05) is 0 Å². The minimum atomic E-state index is -0.957. The second-order valence-corrected chi connectivity index (χ2v) is 5.50. The van der Waals surface area contributed by atoms with Crippen molar-refractivity contribution in [1.29, 1.82) is 0 Å². The molecule has 0 aliphatic rings. The first kappa shape index (κ1) is 17.8. The van der Waals surface area contributed by atoms with Gasteiger partial charge >= 0.3 is 0 Å². The van der Waals surface area contributed by atoms with E-state index < -0.39 is 23.3 Å². The Kier molecular flexibility index (Phi) is 5.11. The molecule has 0 aliphatic heterocycles. The number of ether oxygens (including phenoxy) is 2. The Morgan fingerprint density at radius 2 is 1.54 bits per heavy atom. The second kappa shape index (κ2) is 7.47. The van der Waals surface area contributed by atoms with Crippen molar-refractivity contribution < 1.29 is 27.0 Å². The molecule has 0 spiro atoms. The summed E-state index contributed by atoms with van der Waals surface area (Å²) >= 11 is 0. The van der Waals surface area contributed by atoms with Crippen LogP contribution < -0.4 is 9.47 Å². The van der Waals surface area contributed by atoms with Crippen LogP contribution in [0.25, 0.3) is 10.8 Å². The molecule has 0 bridgehead atoms. The van der Waals surface area contributed by atoms with Gasteiger partial charge in [-0.3, -0.25) is 0 Å². The zero-order chi connectivity index (χ0) is 18.7. The highest BCUT2D eigenvalue weighted by Crippen LogP contribution is 2.27. The maximum Gasteiger partial charge on any atom is 0.166 e. The van der Waals surface area contributed by atoms with Gasteiger partial charge in [-0.1, -0.05) is 18.7 Å². The third-order valence-corrected chi connectivity index (χ3v) is 3.74. The van der Waals surface area contributed by atoms with Gasteiger partial charge in [0.25, 0.3) is 0 Å². The van der Waals surface area contributed by atoms with E-state index in [1.54, 1.807) is 0 Å². The zero-order valence-corrected chi connectivity index (χ0v) is 13.6. The monoisotopic (exact) mass is 362 g/mol. The van der Waals surface area contributed by atoms with Gasteiger partial charge in [0.2, 0.25) is 0 Å². The van der Waals surface area contributed by atoms with E-state index in [0.717, 1.165) is 18.2 Å². The molecule has 0 saturated heterocycles. The average Bonchev–Trinajstić information content (AvgIpc) is 2.62. The number of benzene rings is 3. The van der Waals surface area contributed by atoms with Crippen LogP contribution >= 0.6 is 0 Å². The Balaban J connectivity index is 1.79. The standard InChI is InChI=1S/C20H14F4O2/c1-2-7-25-14-9-18(22)16(19(23)10-14)11-26-13-4-5-15-12(8-13)3-6-17(21)20(15)24/h2-6,8-10H,1,7,11H2. The van der Waals surface area contributed by atoms with Crippen molar-refractivity contribution in [2.75, 3.05) is 6.61 Å². The van der Waals surface area contributed by atoms with Gasteiger partial charge in [-0.15, -0.1) is 0 Å². The average molecular weight is 362 g/mol. The van der Waals surface area contributed by atoms with Gasteiger partial charge in [0.05, 0.1) is 5.56 Å². The van der Waals surface area contributed by atoms with Crippen LogP contribution in [0, 0.1) is 23.3 Å². The van der Waals surface area contributed by atoms with Crippen molar-refractivity contribution >= 4 is 10.8 Å². The quantitative estimate of drug-likeness (QED) is 0.423. The lowest BCUT2D eigenvalue weighted by Gasteiger charge is -2.11. The van der Waals surface area contributed by atoms with Crippen LogP contribution in [-0.2, 0) is 6.61 Å². The predicted molar refractivity (Wildman–Crippen MR) is 90.2 cm³/mol. The lowest BCUT2D eigenvalue weighted by Crippen LogP contribution is -2.04. The lowest BCUT2D eigenvalue weighted by atomic mass is 10.1. The zero-order valence-electron chi connectivity index (χ0n) is 13.6. The van der Waals surface area contributed by atoms with E-state index in [4.69, 9.17) is 9.47 Å². The predicted octanol–water partition coefficient (Wildman–Crippen LogP) is 5.54. The molecule has 0 atom stereocenters. The number of halogens is 4. The summed E-state index contributed by atoms with van der Waals surface area (Å²) in [5, 5.41) is 0.508. The maximum absolute atomic E-state index is 14.1. The molecule has 134 valence electrons. The van der Waals surface area contributed by atoms with Gasteiger partial charge in [-0.2, -0.15) is 0 Å². The molecule has 6 heteroatoms. The van der Waals surface area contributed by atoms with E-state index in [1.165, 1.54) is 30.3 Å². The maximum atomic E-state index is 14.1. The van der Waals surface area contributed by atoms with Crippen molar-refractivity contribution in [3.63, 3.8) is 0 Å². The summed E-state index contributed by atoms with van der Waals surface area (Å²) in [7, 11) is 0. The van der Waals surface area contributed by atoms with Crippen LogP contribution in [0.1, 0.15) is 5.56 Å². The Morgan fingerprint density at radius 3 is 2.23 bits per heavy atom. The van der Waals surface area contributed by atoms with E-state index >= 15 is 0 Å². The van der Waals surface area contributed by atoms with E-state index in [2.05, 4.69) is 6.58 Å². The van der Waals surface area contributed by atoms with E-state index in [-0.39, 0.29) is 35.7 Å². The second-order valence-electron chi connectivity index (χ2n) is 5.50. The van der Waals surface area contributed by atoms with E-state index in [9.17, 15) is 17.6 Å². The van der Waals surface area contributed by atoms with Crippen molar-refractivity contribution in [1.82, 2.24) is 0 Å². The molecule has 2 nitrogen and oxygen atoms in total. The fraction of sp³-hybridized carbons (Fsp3) is 0.100. The topological polar surface area (TPSA) is 18.5 Å². The van der Waals surface area contributed by atoms with Crippen LogP contribution in [0.2, 0.25) is 0 Å². The molecule has 3 aromatic carbocycles. The molecule has 0 heterocycles. The van der Waals surface area contributed by atoms with Crippen LogP contribution in [0.3, 0.4) is 0 Å². The summed E-state index contributed by atoms with van der Waals surface area (Å²) in [4.78, 5) is 0. The smallest absolute Gasteiger partial charge is 0.166 e. The highest BCUT2D eigenvalue weighted by atomic mass is 19.2. The first-order chi connectivity index (χ1) is 12.5. The van der Waals surface area contributed by atoms with Gasteiger partial charge in [0.15, 0.2) is 11.6 Å². The van der Waals surface area contributed by atoms with Crippen molar-refractivity contribution in [2.24, 2.45) is 0 Å². The fourth-order valence-corrected chi connectivity index (χ4v) is 2.44. The Hall–Kier alpha value is -3.02. The van der Waals surface area contributed by atoms with E-state index in [0.29, 0.717) is 5.39 Å². The van der Waals surface area contributed by atoms with Gasteiger partial charge in [-0.25, -0.2) is 17.6 Å². The molecule has 0 radical (unpaired) electrons. The molecule has 0 N–H and O–H groups in total. The highest BCUT2D eigenvalue weighted by Gasteiger charge is 2.13. The summed E-state index contributed by atoms with van der Waals surface area (Å²) < 4.78 is 65.5. The van der Waals surface area contributed by atoms with Gasteiger partial charge in [0, 0.05) is 17.5 Å². The number of hydrogen-bond donors (Lipinski definition) is 0. The van der Waals surface area contributed by atoms with Gasteiger partial charge in [-0.05, 0) is 29.7 Å². The SMILES string of the molecule is C=CCOc1cc(F)c(COc2ccc3c(F)c(F)ccc3c2)c(F)c1.